The number of carbonyl (C=O) groups excluding carboxylic acids is 1. The molecule has 0 N–H and O–H groups in total. The summed E-state index contributed by atoms with van der Waals surface area (Å²) in [7, 11) is -6.38. The highest BCUT2D eigenvalue weighted by Crippen LogP contribution is 2.37. The van der Waals surface area contributed by atoms with Crippen LogP contribution in [0, 0.1) is 0 Å². The quantitative estimate of drug-likeness (QED) is 0.701. The number of ether oxygens (including phenoxy) is 2. The molecular formula is C17H17NO7S2. The molecule has 0 unspecified atom stereocenters. The van der Waals surface area contributed by atoms with Crippen LogP contribution < -0.4 is 9.04 Å². The van der Waals surface area contributed by atoms with Crippen LogP contribution in [0.5, 0.6) is 5.75 Å². The fraction of sp³-hybridized carbons (Fsp3) is 0.235. The van der Waals surface area contributed by atoms with E-state index >= 15 is 0 Å². The molecule has 0 fully saturated rings. The number of hydrogen-bond acceptors (Lipinski definition) is 7. The van der Waals surface area contributed by atoms with Crippen LogP contribution in [0.3, 0.4) is 0 Å². The van der Waals surface area contributed by atoms with Gasteiger partial charge < -0.3 is 9.47 Å². The van der Waals surface area contributed by atoms with Crippen molar-refractivity contribution in [2.24, 2.45) is 0 Å². The zero-order chi connectivity index (χ0) is 19.8. The highest BCUT2D eigenvalue weighted by Gasteiger charge is 2.31. The smallest absolute Gasteiger partial charge is 0.337 e. The molecule has 0 bridgehead atoms. The van der Waals surface area contributed by atoms with Crippen molar-refractivity contribution in [2.75, 3.05) is 30.8 Å². The van der Waals surface area contributed by atoms with Gasteiger partial charge in [-0.05, 0) is 36.4 Å². The van der Waals surface area contributed by atoms with Gasteiger partial charge in [0.05, 0.1) is 34.7 Å². The average Bonchev–Trinajstić information content (AvgIpc) is 2.65. The summed E-state index contributed by atoms with van der Waals surface area (Å²) in [5, 5.41) is 0. The fourth-order valence-corrected chi connectivity index (χ4v) is 4.82. The van der Waals surface area contributed by atoms with E-state index in [1.807, 2.05) is 0 Å². The predicted molar refractivity (Wildman–Crippen MR) is 97.4 cm³/mol. The first-order valence-electron chi connectivity index (χ1n) is 7.82. The maximum Gasteiger partial charge on any atom is 0.337 e. The number of methoxy groups -OCH3 is 1. The van der Waals surface area contributed by atoms with Crippen LogP contribution in [0.25, 0.3) is 0 Å². The summed E-state index contributed by atoms with van der Waals surface area (Å²) in [5.74, 6) is -0.393. The summed E-state index contributed by atoms with van der Waals surface area (Å²) in [6.07, 6.45) is 1.04. The van der Waals surface area contributed by atoms with Crippen molar-refractivity contribution in [3.8, 4) is 5.75 Å². The van der Waals surface area contributed by atoms with E-state index in [-0.39, 0.29) is 39.9 Å². The van der Waals surface area contributed by atoms with Crippen molar-refractivity contribution in [3.63, 3.8) is 0 Å². The Hall–Kier alpha value is -2.59. The molecule has 1 heterocycles. The highest BCUT2D eigenvalue weighted by atomic mass is 32.2. The molecule has 0 saturated heterocycles. The number of hydrogen-bond donors (Lipinski definition) is 0. The van der Waals surface area contributed by atoms with E-state index in [9.17, 15) is 21.6 Å². The minimum absolute atomic E-state index is 0.00496. The molecular weight excluding hydrogens is 394 g/mol. The van der Waals surface area contributed by atoms with E-state index in [2.05, 4.69) is 4.74 Å². The van der Waals surface area contributed by atoms with Gasteiger partial charge in [0.2, 0.25) is 0 Å². The Kier molecular flexibility index (Phi) is 4.87. The Morgan fingerprint density at radius 1 is 1.07 bits per heavy atom. The predicted octanol–water partition coefficient (Wildman–Crippen LogP) is 1.46. The van der Waals surface area contributed by atoms with Crippen molar-refractivity contribution in [1.29, 1.82) is 0 Å². The van der Waals surface area contributed by atoms with Gasteiger partial charge in [-0.1, -0.05) is 6.07 Å². The van der Waals surface area contributed by atoms with Gasteiger partial charge in [0.25, 0.3) is 10.0 Å². The van der Waals surface area contributed by atoms with Crippen LogP contribution in [0.15, 0.2) is 52.3 Å². The number of benzene rings is 2. The first-order valence-corrected chi connectivity index (χ1v) is 11.2. The Bertz CT molecular complexity index is 1110. The summed E-state index contributed by atoms with van der Waals surface area (Å²) in [6, 6.07) is 9.52. The summed E-state index contributed by atoms with van der Waals surface area (Å²) >= 11 is 0. The lowest BCUT2D eigenvalue weighted by Crippen LogP contribution is -2.38. The van der Waals surface area contributed by atoms with E-state index in [1.165, 1.54) is 49.6 Å². The summed E-state index contributed by atoms with van der Waals surface area (Å²) in [6.45, 7) is 0.117. The van der Waals surface area contributed by atoms with Crippen molar-refractivity contribution >= 4 is 31.5 Å². The van der Waals surface area contributed by atoms with Crippen LogP contribution in [0.2, 0.25) is 0 Å². The molecule has 0 amide bonds. The molecule has 0 spiro atoms. The third-order valence-electron chi connectivity index (χ3n) is 4.02. The molecule has 10 heteroatoms. The maximum absolute atomic E-state index is 13.1. The lowest BCUT2D eigenvalue weighted by atomic mass is 10.2. The number of anilines is 1. The summed E-state index contributed by atoms with van der Waals surface area (Å²) < 4.78 is 61.1. The maximum atomic E-state index is 13.1. The molecule has 27 heavy (non-hydrogen) atoms. The molecule has 1 aliphatic rings. The van der Waals surface area contributed by atoms with Crippen LogP contribution >= 0.6 is 0 Å². The molecule has 0 atom stereocenters. The molecule has 0 aliphatic carbocycles. The number of sulfonamides is 1. The van der Waals surface area contributed by atoms with Crippen LogP contribution in [0.4, 0.5) is 5.69 Å². The van der Waals surface area contributed by atoms with Crippen molar-refractivity contribution in [1.82, 2.24) is 0 Å². The monoisotopic (exact) mass is 411 g/mol. The first kappa shape index (κ1) is 19.2. The van der Waals surface area contributed by atoms with Gasteiger partial charge in [0.1, 0.15) is 12.4 Å². The number of carbonyl (C=O) groups is 1. The summed E-state index contributed by atoms with van der Waals surface area (Å²) in [4.78, 5) is 11.6. The zero-order valence-electron chi connectivity index (χ0n) is 14.6. The second-order valence-corrected chi connectivity index (χ2v) is 9.72. The van der Waals surface area contributed by atoms with E-state index < -0.39 is 25.8 Å². The molecule has 1 aliphatic heterocycles. The van der Waals surface area contributed by atoms with E-state index in [1.54, 1.807) is 0 Å². The van der Waals surface area contributed by atoms with E-state index in [0.717, 1.165) is 10.6 Å². The van der Waals surface area contributed by atoms with Gasteiger partial charge >= 0.3 is 5.97 Å². The van der Waals surface area contributed by atoms with Gasteiger partial charge in [-0.15, -0.1) is 0 Å². The lowest BCUT2D eigenvalue weighted by Gasteiger charge is -2.30. The number of esters is 1. The topological polar surface area (TPSA) is 107 Å². The van der Waals surface area contributed by atoms with Crippen LogP contribution in [-0.4, -0.2) is 49.3 Å². The third kappa shape index (κ3) is 3.62. The largest absolute Gasteiger partial charge is 0.489 e. The molecule has 0 aromatic heterocycles. The molecule has 144 valence electrons. The third-order valence-corrected chi connectivity index (χ3v) is 6.94. The Balaban J connectivity index is 2.11. The van der Waals surface area contributed by atoms with Gasteiger partial charge in [-0.25, -0.2) is 21.6 Å². The van der Waals surface area contributed by atoms with Crippen molar-refractivity contribution < 1.29 is 31.1 Å². The number of rotatable bonds is 4. The standard InChI is InChI=1S/C17H17NO7S2/c1-24-17(19)12-4-3-5-14(10-12)27(22,23)18-8-9-25-16-7-6-13(11-15(16)18)26(2,20)21/h3-7,10-11H,8-9H2,1-2H3. The molecule has 2 aromatic carbocycles. The minimum Gasteiger partial charge on any atom is -0.489 e. The van der Waals surface area contributed by atoms with Crippen LogP contribution in [0.1, 0.15) is 10.4 Å². The van der Waals surface area contributed by atoms with Crippen molar-refractivity contribution in [3.05, 3.63) is 48.0 Å². The minimum atomic E-state index is -4.05. The Labute approximate surface area is 157 Å². The second-order valence-electron chi connectivity index (χ2n) is 5.85. The molecule has 0 saturated carbocycles. The SMILES string of the molecule is COC(=O)c1cccc(S(=O)(=O)N2CCOc3ccc(S(C)(=O)=O)cc32)c1. The molecule has 0 radical (unpaired) electrons. The van der Waals surface area contributed by atoms with E-state index in [4.69, 9.17) is 4.74 Å². The van der Waals surface area contributed by atoms with E-state index in [0.29, 0.717) is 0 Å². The first-order chi connectivity index (χ1) is 12.6. The van der Waals surface area contributed by atoms with Gasteiger partial charge in [0, 0.05) is 6.26 Å². The molecule has 3 rings (SSSR count). The number of sulfone groups is 1. The average molecular weight is 411 g/mol. The molecule has 8 nitrogen and oxygen atoms in total. The van der Waals surface area contributed by atoms with Crippen molar-refractivity contribution in [2.45, 2.75) is 9.79 Å². The zero-order valence-corrected chi connectivity index (χ0v) is 16.2. The number of fused-ring (bicyclic) bond motifs is 1. The Morgan fingerprint density at radius 3 is 2.48 bits per heavy atom. The lowest BCUT2D eigenvalue weighted by molar-refractivity contribution is 0.0600. The summed E-state index contributed by atoms with van der Waals surface area (Å²) in [5.41, 5.74) is 0.226. The normalized spacial score (nSPS) is 14.2. The van der Waals surface area contributed by atoms with Crippen LogP contribution in [-0.2, 0) is 24.6 Å². The van der Waals surface area contributed by atoms with Gasteiger partial charge in [-0.3, -0.25) is 4.31 Å². The van der Waals surface area contributed by atoms with Gasteiger partial charge in [0.15, 0.2) is 9.84 Å². The fourth-order valence-electron chi connectivity index (χ4n) is 2.68. The highest BCUT2D eigenvalue weighted by molar-refractivity contribution is 7.93. The second kappa shape index (κ2) is 6.86. The van der Waals surface area contributed by atoms with Gasteiger partial charge in [-0.2, -0.15) is 0 Å². The number of nitrogens with zero attached hydrogens (tertiary/aromatic N) is 1. The molecule has 2 aromatic rings. The Morgan fingerprint density at radius 2 is 1.81 bits per heavy atom.